The third-order valence-corrected chi connectivity index (χ3v) is 3.43. The van der Waals surface area contributed by atoms with Crippen molar-refractivity contribution in [1.82, 2.24) is 0 Å². The molecule has 1 spiro atoms. The second-order valence-electron chi connectivity index (χ2n) is 4.34. The Morgan fingerprint density at radius 3 is 2.75 bits per heavy atom. The lowest BCUT2D eigenvalue weighted by atomic mass is 9.88. The lowest BCUT2D eigenvalue weighted by Crippen LogP contribution is -2.58. The summed E-state index contributed by atoms with van der Waals surface area (Å²) in [5, 5.41) is 29.1. The molecule has 0 bridgehead atoms. The van der Waals surface area contributed by atoms with Crippen molar-refractivity contribution in [3.05, 3.63) is 0 Å². The molecular formula is C9H12O7. The highest BCUT2D eigenvalue weighted by atomic mass is 16.8. The van der Waals surface area contributed by atoms with Crippen LogP contribution in [-0.4, -0.2) is 57.8 Å². The third kappa shape index (κ3) is 0.975. The van der Waals surface area contributed by atoms with Gasteiger partial charge in [-0.2, -0.15) is 0 Å². The molecule has 0 aromatic heterocycles. The minimum Gasteiger partial charge on any atom is -0.451 e. The molecule has 0 saturated carbocycles. The van der Waals surface area contributed by atoms with E-state index < -0.39 is 35.9 Å². The molecule has 0 amide bonds. The lowest BCUT2D eigenvalue weighted by Gasteiger charge is -2.31. The summed E-state index contributed by atoms with van der Waals surface area (Å²) in [5.41, 5.74) is -1.70. The molecule has 5 unspecified atom stereocenters. The Morgan fingerprint density at radius 1 is 1.38 bits per heavy atom. The second kappa shape index (κ2) is 2.93. The Balaban J connectivity index is 2.02. The van der Waals surface area contributed by atoms with Crippen molar-refractivity contribution in [3.63, 3.8) is 0 Å². The number of carbonyl (C=O) groups excluding carboxylic acids is 1. The van der Waals surface area contributed by atoms with Crippen molar-refractivity contribution in [2.24, 2.45) is 0 Å². The van der Waals surface area contributed by atoms with Crippen molar-refractivity contribution in [1.29, 1.82) is 0 Å². The first-order chi connectivity index (χ1) is 7.49. The summed E-state index contributed by atoms with van der Waals surface area (Å²) in [5.74, 6) is -2.80. The van der Waals surface area contributed by atoms with Gasteiger partial charge in [0.1, 0.15) is 6.10 Å². The molecule has 7 nitrogen and oxygen atoms in total. The quantitative estimate of drug-likeness (QED) is 0.409. The Labute approximate surface area is 90.5 Å². The highest BCUT2D eigenvalue weighted by Crippen LogP contribution is 2.50. The van der Waals surface area contributed by atoms with Crippen molar-refractivity contribution < 1.29 is 34.3 Å². The summed E-state index contributed by atoms with van der Waals surface area (Å²) in [4.78, 5) is 11.7. The number of esters is 1. The standard InChI is InChI=1S/C9H12O7/c10-4-3-14-9(13)6(4)15-7(12)8(9)2-1-5(11)16-8/h4-6,10-11,13H,1-3H2. The minimum absolute atomic E-state index is 0.104. The van der Waals surface area contributed by atoms with Crippen LogP contribution in [0.5, 0.6) is 0 Å². The molecule has 90 valence electrons. The van der Waals surface area contributed by atoms with E-state index in [-0.39, 0.29) is 19.4 Å². The largest absolute Gasteiger partial charge is 0.451 e. The van der Waals surface area contributed by atoms with E-state index in [9.17, 15) is 20.1 Å². The van der Waals surface area contributed by atoms with Crippen molar-refractivity contribution in [2.45, 2.75) is 42.7 Å². The number of fused-ring (bicyclic) bond motifs is 2. The number of aliphatic hydroxyl groups is 3. The van der Waals surface area contributed by atoms with Crippen LogP contribution in [-0.2, 0) is 19.0 Å². The number of hydrogen-bond donors (Lipinski definition) is 3. The van der Waals surface area contributed by atoms with Gasteiger partial charge in [0.15, 0.2) is 12.4 Å². The molecule has 3 N–H and O–H groups in total. The van der Waals surface area contributed by atoms with Gasteiger partial charge >= 0.3 is 5.97 Å². The molecule has 3 rings (SSSR count). The molecule has 0 aliphatic carbocycles. The van der Waals surface area contributed by atoms with E-state index in [1.54, 1.807) is 0 Å². The topological polar surface area (TPSA) is 105 Å². The molecule has 3 aliphatic rings. The number of rotatable bonds is 0. The van der Waals surface area contributed by atoms with E-state index in [2.05, 4.69) is 0 Å². The first-order valence-electron chi connectivity index (χ1n) is 5.11. The van der Waals surface area contributed by atoms with E-state index in [1.807, 2.05) is 0 Å². The molecule has 7 heteroatoms. The summed E-state index contributed by atoms with van der Waals surface area (Å²) in [6, 6.07) is 0. The van der Waals surface area contributed by atoms with Crippen LogP contribution >= 0.6 is 0 Å². The highest BCUT2D eigenvalue weighted by Gasteiger charge is 2.76. The molecule has 3 fully saturated rings. The molecule has 3 saturated heterocycles. The van der Waals surface area contributed by atoms with Gasteiger partial charge in [0.2, 0.25) is 11.4 Å². The van der Waals surface area contributed by atoms with E-state index in [0.29, 0.717) is 0 Å². The summed E-state index contributed by atoms with van der Waals surface area (Å²) in [7, 11) is 0. The van der Waals surface area contributed by atoms with Gasteiger partial charge in [-0.15, -0.1) is 0 Å². The Hall–Kier alpha value is -0.730. The van der Waals surface area contributed by atoms with Crippen LogP contribution in [0.15, 0.2) is 0 Å². The van der Waals surface area contributed by atoms with Gasteiger partial charge in [0.25, 0.3) is 0 Å². The molecular weight excluding hydrogens is 220 g/mol. The van der Waals surface area contributed by atoms with Crippen LogP contribution < -0.4 is 0 Å². The van der Waals surface area contributed by atoms with Crippen LogP contribution in [0.1, 0.15) is 12.8 Å². The van der Waals surface area contributed by atoms with Gasteiger partial charge in [-0.3, -0.25) is 0 Å². The van der Waals surface area contributed by atoms with Gasteiger partial charge in [0, 0.05) is 6.42 Å². The summed E-state index contributed by atoms with van der Waals surface area (Å²) in [6.07, 6.45) is -3.03. The van der Waals surface area contributed by atoms with E-state index in [4.69, 9.17) is 14.2 Å². The average molecular weight is 232 g/mol. The average Bonchev–Trinajstić information content (AvgIpc) is 2.81. The smallest absolute Gasteiger partial charge is 0.344 e. The fourth-order valence-electron chi connectivity index (χ4n) is 2.59. The third-order valence-electron chi connectivity index (χ3n) is 3.43. The Morgan fingerprint density at radius 2 is 2.12 bits per heavy atom. The van der Waals surface area contributed by atoms with Gasteiger partial charge in [-0.05, 0) is 6.42 Å². The normalized spacial score (nSPS) is 55.7. The van der Waals surface area contributed by atoms with Gasteiger partial charge in [0.05, 0.1) is 6.61 Å². The van der Waals surface area contributed by atoms with Crippen LogP contribution in [0.2, 0.25) is 0 Å². The maximum Gasteiger partial charge on any atom is 0.344 e. The second-order valence-corrected chi connectivity index (χ2v) is 4.34. The first-order valence-corrected chi connectivity index (χ1v) is 5.11. The number of carbonyl (C=O) groups is 1. The molecule has 3 aliphatic heterocycles. The Bertz CT molecular complexity index is 345. The fraction of sp³-hybridized carbons (Fsp3) is 0.889. The molecule has 0 aromatic carbocycles. The highest BCUT2D eigenvalue weighted by molar-refractivity contribution is 5.84. The molecule has 16 heavy (non-hydrogen) atoms. The SMILES string of the molecule is O=C1OC2C(O)COC2(O)C12CCC(O)O2. The molecule has 3 heterocycles. The predicted octanol–water partition coefficient (Wildman–Crippen LogP) is -2.14. The zero-order valence-corrected chi connectivity index (χ0v) is 8.33. The fourth-order valence-corrected chi connectivity index (χ4v) is 2.59. The van der Waals surface area contributed by atoms with Crippen molar-refractivity contribution in [3.8, 4) is 0 Å². The van der Waals surface area contributed by atoms with Crippen LogP contribution in [0.25, 0.3) is 0 Å². The first kappa shape index (κ1) is 10.4. The van der Waals surface area contributed by atoms with Crippen molar-refractivity contribution in [2.75, 3.05) is 6.61 Å². The maximum atomic E-state index is 11.7. The number of ether oxygens (including phenoxy) is 3. The maximum absolute atomic E-state index is 11.7. The van der Waals surface area contributed by atoms with Gasteiger partial charge in [-0.25, -0.2) is 4.79 Å². The van der Waals surface area contributed by atoms with E-state index in [1.165, 1.54) is 0 Å². The van der Waals surface area contributed by atoms with E-state index >= 15 is 0 Å². The summed E-state index contributed by atoms with van der Waals surface area (Å²) < 4.78 is 15.0. The molecule has 0 aromatic rings. The van der Waals surface area contributed by atoms with Crippen LogP contribution in [0.4, 0.5) is 0 Å². The van der Waals surface area contributed by atoms with E-state index in [0.717, 1.165) is 0 Å². The zero-order chi connectivity index (χ0) is 11.6. The predicted molar refractivity (Wildman–Crippen MR) is 45.8 cm³/mol. The lowest BCUT2D eigenvalue weighted by molar-refractivity contribution is -0.284. The van der Waals surface area contributed by atoms with Crippen molar-refractivity contribution >= 4 is 5.97 Å². The van der Waals surface area contributed by atoms with Crippen LogP contribution in [0, 0.1) is 0 Å². The van der Waals surface area contributed by atoms with Gasteiger partial charge in [-0.1, -0.05) is 0 Å². The molecule has 5 atom stereocenters. The summed E-state index contributed by atoms with van der Waals surface area (Å²) in [6.45, 7) is -0.129. The van der Waals surface area contributed by atoms with Gasteiger partial charge < -0.3 is 29.5 Å². The number of hydrogen-bond acceptors (Lipinski definition) is 7. The Kier molecular flexibility index (Phi) is 1.91. The number of aliphatic hydroxyl groups excluding tert-OH is 2. The molecule has 0 radical (unpaired) electrons. The minimum atomic E-state index is -2.00. The monoisotopic (exact) mass is 232 g/mol. The zero-order valence-electron chi connectivity index (χ0n) is 8.33. The summed E-state index contributed by atoms with van der Waals surface area (Å²) >= 11 is 0. The van der Waals surface area contributed by atoms with Crippen LogP contribution in [0.3, 0.4) is 0 Å².